The number of nitrogens with one attached hydrogen (secondary N) is 1. The monoisotopic (exact) mass is 307 g/mol. The van der Waals surface area contributed by atoms with Gasteiger partial charge >= 0.3 is 0 Å². The molecule has 5 heteroatoms. The molecule has 1 aromatic heterocycles. The van der Waals surface area contributed by atoms with Crippen LogP contribution in [0.2, 0.25) is 0 Å². The molecular weight excluding hydrogens is 282 g/mol. The minimum absolute atomic E-state index is 0.0691. The number of aromatic nitrogens is 2. The molecule has 0 aliphatic heterocycles. The third-order valence-corrected chi connectivity index (χ3v) is 5.26. The average molecular weight is 307 g/mol. The number of hydrogen-bond acceptors (Lipinski definition) is 4. The standard InChI is InChI=1S/C16H25N3OS/c1-2-15-18-11-13(12-19-15)16(20)17-9-6-10-21-14-7-4-3-5-8-14/h11-12,14H,2-10H2,1H3,(H,17,20). The molecule has 1 aromatic rings. The second-order valence-corrected chi connectivity index (χ2v) is 6.89. The summed E-state index contributed by atoms with van der Waals surface area (Å²) in [6.07, 6.45) is 12.0. The number of thioether (sulfide) groups is 1. The van der Waals surface area contributed by atoms with Crippen LogP contribution in [0.5, 0.6) is 0 Å². The summed E-state index contributed by atoms with van der Waals surface area (Å²) in [6, 6.07) is 0. The molecule has 1 fully saturated rings. The van der Waals surface area contributed by atoms with Crippen LogP contribution >= 0.6 is 11.8 Å². The summed E-state index contributed by atoms with van der Waals surface area (Å²) in [5, 5.41) is 3.79. The zero-order chi connectivity index (χ0) is 14.9. The van der Waals surface area contributed by atoms with Gasteiger partial charge in [0.1, 0.15) is 5.82 Å². The lowest BCUT2D eigenvalue weighted by atomic mass is 10.0. The molecule has 0 spiro atoms. The first kappa shape index (κ1) is 16.3. The van der Waals surface area contributed by atoms with Gasteiger partial charge in [0.2, 0.25) is 0 Å². The molecule has 21 heavy (non-hydrogen) atoms. The van der Waals surface area contributed by atoms with Crippen LogP contribution in [0.4, 0.5) is 0 Å². The van der Waals surface area contributed by atoms with E-state index in [9.17, 15) is 4.79 Å². The average Bonchev–Trinajstić information content (AvgIpc) is 2.55. The SMILES string of the molecule is CCc1ncc(C(=O)NCCCSC2CCCCC2)cn1. The van der Waals surface area contributed by atoms with Crippen molar-refractivity contribution >= 4 is 17.7 Å². The van der Waals surface area contributed by atoms with E-state index in [0.717, 1.165) is 36.2 Å². The number of amides is 1. The lowest BCUT2D eigenvalue weighted by Gasteiger charge is -2.20. The van der Waals surface area contributed by atoms with E-state index in [1.165, 1.54) is 32.1 Å². The highest BCUT2D eigenvalue weighted by molar-refractivity contribution is 7.99. The highest BCUT2D eigenvalue weighted by Crippen LogP contribution is 2.28. The summed E-state index contributed by atoms with van der Waals surface area (Å²) < 4.78 is 0. The Kier molecular flexibility index (Phi) is 7.00. The number of hydrogen-bond donors (Lipinski definition) is 1. The zero-order valence-corrected chi connectivity index (χ0v) is 13.6. The van der Waals surface area contributed by atoms with Gasteiger partial charge in [-0.15, -0.1) is 0 Å². The molecule has 2 rings (SSSR count). The predicted octanol–water partition coefficient (Wildman–Crippen LogP) is 3.22. The summed E-state index contributed by atoms with van der Waals surface area (Å²) >= 11 is 2.07. The first-order valence-electron chi connectivity index (χ1n) is 8.00. The van der Waals surface area contributed by atoms with Gasteiger partial charge < -0.3 is 5.32 Å². The summed E-state index contributed by atoms with van der Waals surface area (Å²) in [5.41, 5.74) is 0.548. The number of nitrogens with zero attached hydrogens (tertiary/aromatic N) is 2. The van der Waals surface area contributed by atoms with Gasteiger partial charge in [-0.2, -0.15) is 11.8 Å². The molecule has 0 aromatic carbocycles. The van der Waals surface area contributed by atoms with Gasteiger partial charge in [0.15, 0.2) is 0 Å². The van der Waals surface area contributed by atoms with Crippen LogP contribution in [0.25, 0.3) is 0 Å². The maximum absolute atomic E-state index is 11.9. The number of rotatable bonds is 7. The molecule has 1 saturated carbocycles. The summed E-state index contributed by atoms with van der Waals surface area (Å²) in [4.78, 5) is 20.2. The molecule has 0 bridgehead atoms. The molecule has 116 valence electrons. The smallest absolute Gasteiger partial charge is 0.254 e. The van der Waals surface area contributed by atoms with Crippen molar-refractivity contribution in [3.8, 4) is 0 Å². The minimum Gasteiger partial charge on any atom is -0.352 e. The van der Waals surface area contributed by atoms with E-state index in [4.69, 9.17) is 0 Å². The summed E-state index contributed by atoms with van der Waals surface area (Å²) in [7, 11) is 0. The Balaban J connectivity index is 1.60. The molecule has 1 aliphatic carbocycles. The fraction of sp³-hybridized carbons (Fsp3) is 0.688. The van der Waals surface area contributed by atoms with Gasteiger partial charge in [0.25, 0.3) is 5.91 Å². The molecule has 1 amide bonds. The van der Waals surface area contributed by atoms with Gasteiger partial charge in [-0.3, -0.25) is 4.79 Å². The molecule has 0 saturated heterocycles. The first-order chi connectivity index (χ1) is 10.3. The topological polar surface area (TPSA) is 54.9 Å². The Labute approximate surface area is 131 Å². The number of carbonyl (C=O) groups excluding carboxylic acids is 1. The van der Waals surface area contributed by atoms with E-state index in [1.807, 2.05) is 6.92 Å². The molecule has 1 aliphatic rings. The lowest BCUT2D eigenvalue weighted by Crippen LogP contribution is -2.25. The van der Waals surface area contributed by atoms with Crippen LogP contribution in [-0.2, 0) is 6.42 Å². The van der Waals surface area contributed by atoms with E-state index < -0.39 is 0 Å². The molecule has 0 radical (unpaired) electrons. The third kappa shape index (κ3) is 5.65. The first-order valence-corrected chi connectivity index (χ1v) is 9.05. The number of aryl methyl sites for hydroxylation is 1. The third-order valence-electron chi connectivity index (χ3n) is 3.80. The van der Waals surface area contributed by atoms with E-state index in [0.29, 0.717) is 5.56 Å². The highest BCUT2D eigenvalue weighted by Gasteiger charge is 2.13. The quantitative estimate of drug-likeness (QED) is 0.786. The van der Waals surface area contributed by atoms with E-state index in [2.05, 4.69) is 27.0 Å². The van der Waals surface area contributed by atoms with Crippen molar-refractivity contribution in [1.82, 2.24) is 15.3 Å². The second-order valence-electron chi connectivity index (χ2n) is 5.48. The highest BCUT2D eigenvalue weighted by atomic mass is 32.2. The van der Waals surface area contributed by atoms with Crippen molar-refractivity contribution < 1.29 is 4.79 Å². The molecule has 0 atom stereocenters. The van der Waals surface area contributed by atoms with Crippen LogP contribution in [-0.4, -0.2) is 33.4 Å². The van der Waals surface area contributed by atoms with Crippen molar-refractivity contribution in [2.45, 2.75) is 57.1 Å². The van der Waals surface area contributed by atoms with E-state index in [-0.39, 0.29) is 5.91 Å². The predicted molar refractivity (Wildman–Crippen MR) is 87.7 cm³/mol. The molecule has 1 N–H and O–H groups in total. The second kappa shape index (κ2) is 9.03. The summed E-state index contributed by atoms with van der Waals surface area (Å²) in [5.74, 6) is 1.84. The van der Waals surface area contributed by atoms with Crippen LogP contribution < -0.4 is 5.32 Å². The molecular formula is C16H25N3OS. The van der Waals surface area contributed by atoms with Crippen molar-refractivity contribution in [2.75, 3.05) is 12.3 Å². The van der Waals surface area contributed by atoms with Crippen molar-refractivity contribution in [2.24, 2.45) is 0 Å². The minimum atomic E-state index is -0.0691. The fourth-order valence-electron chi connectivity index (χ4n) is 2.51. The summed E-state index contributed by atoms with van der Waals surface area (Å²) in [6.45, 7) is 2.73. The lowest BCUT2D eigenvalue weighted by molar-refractivity contribution is 0.0953. The zero-order valence-electron chi connectivity index (χ0n) is 12.8. The van der Waals surface area contributed by atoms with Gasteiger partial charge in [-0.25, -0.2) is 9.97 Å². The van der Waals surface area contributed by atoms with Gasteiger partial charge in [-0.05, 0) is 25.0 Å². The molecule has 0 unspecified atom stereocenters. The Morgan fingerprint density at radius 1 is 1.29 bits per heavy atom. The van der Waals surface area contributed by atoms with Crippen LogP contribution in [0.1, 0.15) is 61.6 Å². The van der Waals surface area contributed by atoms with Gasteiger partial charge in [0.05, 0.1) is 5.56 Å². The van der Waals surface area contributed by atoms with E-state index in [1.54, 1.807) is 12.4 Å². The van der Waals surface area contributed by atoms with E-state index >= 15 is 0 Å². The Morgan fingerprint density at radius 3 is 2.67 bits per heavy atom. The normalized spacial score (nSPS) is 15.9. The van der Waals surface area contributed by atoms with Crippen molar-refractivity contribution in [3.05, 3.63) is 23.8 Å². The van der Waals surface area contributed by atoms with Crippen molar-refractivity contribution in [1.29, 1.82) is 0 Å². The van der Waals surface area contributed by atoms with Gasteiger partial charge in [0, 0.05) is 30.6 Å². The van der Waals surface area contributed by atoms with Gasteiger partial charge in [-0.1, -0.05) is 26.2 Å². The number of carbonyl (C=O) groups is 1. The fourth-order valence-corrected chi connectivity index (χ4v) is 3.82. The largest absolute Gasteiger partial charge is 0.352 e. The van der Waals surface area contributed by atoms with Crippen LogP contribution in [0.3, 0.4) is 0 Å². The maximum Gasteiger partial charge on any atom is 0.254 e. The Morgan fingerprint density at radius 2 is 2.00 bits per heavy atom. The Bertz CT molecular complexity index is 430. The van der Waals surface area contributed by atoms with Crippen LogP contribution in [0.15, 0.2) is 12.4 Å². The Hall–Kier alpha value is -1.10. The molecule has 4 nitrogen and oxygen atoms in total. The van der Waals surface area contributed by atoms with Crippen molar-refractivity contribution in [3.63, 3.8) is 0 Å². The van der Waals surface area contributed by atoms with Crippen LogP contribution in [0, 0.1) is 0 Å². The molecule has 1 heterocycles. The maximum atomic E-state index is 11.9.